The van der Waals surface area contributed by atoms with Gasteiger partial charge in [0.15, 0.2) is 0 Å². The lowest BCUT2D eigenvalue weighted by Crippen LogP contribution is -2.58. The fourth-order valence-electron chi connectivity index (χ4n) is 2.73. The van der Waals surface area contributed by atoms with Crippen molar-refractivity contribution in [2.75, 3.05) is 13.1 Å². The van der Waals surface area contributed by atoms with Crippen molar-refractivity contribution in [1.29, 1.82) is 0 Å². The molecule has 2 atom stereocenters. The van der Waals surface area contributed by atoms with Gasteiger partial charge in [-0.25, -0.2) is 0 Å². The minimum Gasteiger partial charge on any atom is -0.314 e. The molecule has 0 saturated carbocycles. The van der Waals surface area contributed by atoms with Crippen molar-refractivity contribution >= 4 is 11.8 Å². The fourth-order valence-corrected chi connectivity index (χ4v) is 4.51. The molecule has 13 heavy (non-hydrogen) atoms. The Morgan fingerprint density at radius 3 is 2.23 bits per heavy atom. The summed E-state index contributed by atoms with van der Waals surface area (Å²) >= 11 is 2.25. The molecule has 2 nitrogen and oxygen atoms in total. The Balaban J connectivity index is 1.54. The summed E-state index contributed by atoms with van der Waals surface area (Å²) in [5.41, 5.74) is 0. The zero-order chi connectivity index (χ0) is 8.67. The molecule has 3 heterocycles. The maximum Gasteiger partial charge on any atom is 0.0319 e. The molecule has 0 aromatic heterocycles. The third kappa shape index (κ3) is 1.74. The number of thioether (sulfide) groups is 1. The summed E-state index contributed by atoms with van der Waals surface area (Å²) in [6, 6.07) is 1.62. The molecule has 0 radical (unpaired) electrons. The normalized spacial score (nSPS) is 44.8. The molecule has 3 aliphatic heterocycles. The van der Waals surface area contributed by atoms with Crippen molar-refractivity contribution in [2.45, 2.75) is 48.3 Å². The molecule has 3 rings (SSSR count). The highest BCUT2D eigenvalue weighted by Gasteiger charge is 2.35. The van der Waals surface area contributed by atoms with Gasteiger partial charge in [-0.05, 0) is 25.7 Å². The lowest BCUT2D eigenvalue weighted by molar-refractivity contribution is 0.310. The van der Waals surface area contributed by atoms with E-state index in [0.29, 0.717) is 0 Å². The molecule has 0 aromatic carbocycles. The number of hydrogen-bond donors (Lipinski definition) is 2. The third-order valence-corrected chi connectivity index (χ3v) is 5.17. The van der Waals surface area contributed by atoms with Gasteiger partial charge >= 0.3 is 0 Å². The van der Waals surface area contributed by atoms with E-state index in [1.165, 1.54) is 38.8 Å². The average Bonchev–Trinajstić information content (AvgIpc) is 2.39. The fraction of sp³-hybridized carbons (Fsp3) is 1.00. The Kier molecular flexibility index (Phi) is 2.27. The molecule has 0 aromatic rings. The summed E-state index contributed by atoms with van der Waals surface area (Å²) in [7, 11) is 0. The van der Waals surface area contributed by atoms with Crippen molar-refractivity contribution in [3.05, 3.63) is 0 Å². The molecular weight excluding hydrogens is 180 g/mol. The van der Waals surface area contributed by atoms with E-state index in [1.807, 2.05) is 0 Å². The van der Waals surface area contributed by atoms with Gasteiger partial charge in [-0.1, -0.05) is 0 Å². The van der Waals surface area contributed by atoms with Crippen LogP contribution in [0.25, 0.3) is 0 Å². The predicted molar refractivity (Wildman–Crippen MR) is 57.2 cm³/mol. The maximum absolute atomic E-state index is 3.78. The van der Waals surface area contributed by atoms with Crippen molar-refractivity contribution in [3.8, 4) is 0 Å². The average molecular weight is 198 g/mol. The Hall–Kier alpha value is 0.270. The molecule has 0 aliphatic carbocycles. The van der Waals surface area contributed by atoms with Gasteiger partial charge in [-0.15, -0.1) is 0 Å². The van der Waals surface area contributed by atoms with Crippen molar-refractivity contribution in [3.63, 3.8) is 0 Å². The topological polar surface area (TPSA) is 24.1 Å². The monoisotopic (exact) mass is 198 g/mol. The van der Waals surface area contributed by atoms with Crippen LogP contribution in [0.3, 0.4) is 0 Å². The Labute approximate surface area is 84.2 Å². The van der Waals surface area contributed by atoms with E-state index < -0.39 is 0 Å². The van der Waals surface area contributed by atoms with Crippen molar-refractivity contribution in [2.24, 2.45) is 0 Å². The molecule has 3 fully saturated rings. The number of fused-ring (bicyclic) bond motifs is 2. The summed E-state index contributed by atoms with van der Waals surface area (Å²) < 4.78 is 0. The van der Waals surface area contributed by atoms with Crippen LogP contribution >= 0.6 is 11.8 Å². The van der Waals surface area contributed by atoms with E-state index in [2.05, 4.69) is 22.4 Å². The maximum atomic E-state index is 3.78. The van der Waals surface area contributed by atoms with Crippen molar-refractivity contribution < 1.29 is 0 Å². The highest BCUT2D eigenvalue weighted by Crippen LogP contribution is 2.43. The Morgan fingerprint density at radius 2 is 1.69 bits per heavy atom. The number of hydrogen-bond acceptors (Lipinski definition) is 3. The van der Waals surface area contributed by atoms with Crippen LogP contribution in [0.1, 0.15) is 25.7 Å². The summed E-state index contributed by atoms with van der Waals surface area (Å²) in [6.45, 7) is 2.39. The molecular formula is C10H18N2S. The second-order valence-electron chi connectivity index (χ2n) is 4.65. The highest BCUT2D eigenvalue weighted by atomic mass is 32.2. The number of nitrogens with one attached hydrogen (secondary N) is 2. The van der Waals surface area contributed by atoms with Gasteiger partial charge in [0.1, 0.15) is 0 Å². The molecule has 2 unspecified atom stereocenters. The first-order valence-corrected chi connectivity index (χ1v) is 6.46. The highest BCUT2D eigenvalue weighted by molar-refractivity contribution is 8.00. The van der Waals surface area contributed by atoms with Gasteiger partial charge in [0.2, 0.25) is 0 Å². The molecule has 3 heteroatoms. The SMILES string of the molecule is C1NCC1NC1CC2CCC(C1)S2. The van der Waals surface area contributed by atoms with E-state index in [9.17, 15) is 0 Å². The Morgan fingerprint density at radius 1 is 1.00 bits per heavy atom. The van der Waals surface area contributed by atoms with Gasteiger partial charge in [0.25, 0.3) is 0 Å². The van der Waals surface area contributed by atoms with E-state index in [0.717, 1.165) is 22.6 Å². The van der Waals surface area contributed by atoms with E-state index in [-0.39, 0.29) is 0 Å². The summed E-state index contributed by atoms with van der Waals surface area (Å²) in [6.07, 6.45) is 5.82. The standard InChI is InChI=1S/C10H18N2S/c1-2-10-4-7(3-9(1)13-10)12-8-5-11-6-8/h7-12H,1-6H2. The van der Waals surface area contributed by atoms with E-state index in [1.54, 1.807) is 0 Å². The van der Waals surface area contributed by atoms with Crippen LogP contribution in [0.5, 0.6) is 0 Å². The third-order valence-electron chi connectivity index (χ3n) is 3.54. The number of rotatable bonds is 2. The quantitative estimate of drug-likeness (QED) is 0.691. The zero-order valence-corrected chi connectivity index (χ0v) is 8.78. The van der Waals surface area contributed by atoms with Crippen LogP contribution in [0.15, 0.2) is 0 Å². The lowest BCUT2D eigenvalue weighted by Gasteiger charge is -2.36. The summed E-state index contributed by atoms with van der Waals surface area (Å²) in [5.74, 6) is 0. The van der Waals surface area contributed by atoms with Gasteiger partial charge in [-0.2, -0.15) is 11.8 Å². The molecule has 3 aliphatic rings. The van der Waals surface area contributed by atoms with Gasteiger partial charge in [0.05, 0.1) is 0 Å². The minimum atomic E-state index is 0.785. The first kappa shape index (κ1) is 8.57. The predicted octanol–water partition coefficient (Wildman–Crippen LogP) is 0.974. The first-order valence-electron chi connectivity index (χ1n) is 5.52. The lowest BCUT2D eigenvalue weighted by atomic mass is 10.0. The van der Waals surface area contributed by atoms with Crippen LogP contribution in [0.4, 0.5) is 0 Å². The summed E-state index contributed by atoms with van der Waals surface area (Å²) in [4.78, 5) is 0. The molecule has 3 saturated heterocycles. The van der Waals surface area contributed by atoms with Crippen LogP contribution in [0.2, 0.25) is 0 Å². The molecule has 0 amide bonds. The summed E-state index contributed by atoms with van der Waals surface area (Å²) in [5, 5.41) is 9.08. The van der Waals surface area contributed by atoms with Gasteiger partial charge in [0, 0.05) is 35.7 Å². The largest absolute Gasteiger partial charge is 0.314 e. The molecule has 74 valence electrons. The van der Waals surface area contributed by atoms with Crippen LogP contribution in [-0.4, -0.2) is 35.7 Å². The zero-order valence-electron chi connectivity index (χ0n) is 7.96. The van der Waals surface area contributed by atoms with Gasteiger partial charge < -0.3 is 10.6 Å². The van der Waals surface area contributed by atoms with Crippen LogP contribution < -0.4 is 10.6 Å². The second kappa shape index (κ2) is 3.44. The smallest absolute Gasteiger partial charge is 0.0319 e. The van der Waals surface area contributed by atoms with E-state index >= 15 is 0 Å². The van der Waals surface area contributed by atoms with Gasteiger partial charge in [-0.3, -0.25) is 0 Å². The van der Waals surface area contributed by atoms with E-state index in [4.69, 9.17) is 0 Å². The first-order chi connectivity index (χ1) is 6.40. The molecule has 2 N–H and O–H groups in total. The molecule has 0 spiro atoms. The molecule has 2 bridgehead atoms. The Bertz CT molecular complexity index is 181. The van der Waals surface area contributed by atoms with Crippen LogP contribution in [0, 0.1) is 0 Å². The minimum absolute atomic E-state index is 0.785. The van der Waals surface area contributed by atoms with Crippen LogP contribution in [-0.2, 0) is 0 Å². The second-order valence-corrected chi connectivity index (χ2v) is 6.25. The van der Waals surface area contributed by atoms with Crippen molar-refractivity contribution in [1.82, 2.24) is 10.6 Å².